The molecule has 1 aliphatic rings. The highest BCUT2D eigenvalue weighted by Crippen LogP contribution is 2.14. The van der Waals surface area contributed by atoms with Crippen molar-refractivity contribution in [2.45, 2.75) is 31.5 Å². The number of alkyl halides is 3. The van der Waals surface area contributed by atoms with E-state index in [4.69, 9.17) is 0 Å². The summed E-state index contributed by atoms with van der Waals surface area (Å²) >= 11 is 0. The van der Waals surface area contributed by atoms with Gasteiger partial charge in [-0.1, -0.05) is 0 Å². The average molecular weight is 254 g/mol. The van der Waals surface area contributed by atoms with Crippen LogP contribution in [0.4, 0.5) is 13.2 Å². The first-order valence-corrected chi connectivity index (χ1v) is 5.65. The molecule has 1 amide bonds. The summed E-state index contributed by atoms with van der Waals surface area (Å²) in [5, 5.41) is 11.2. The quantitative estimate of drug-likeness (QED) is 0.719. The van der Waals surface area contributed by atoms with E-state index >= 15 is 0 Å². The number of nitrogens with one attached hydrogen (secondary N) is 1. The highest BCUT2D eigenvalue weighted by atomic mass is 19.4. The molecule has 0 bridgehead atoms. The minimum atomic E-state index is -4.80. The van der Waals surface area contributed by atoms with Crippen LogP contribution in [0.5, 0.6) is 0 Å². The lowest BCUT2D eigenvalue weighted by Crippen LogP contribution is -2.41. The van der Waals surface area contributed by atoms with Crippen molar-refractivity contribution in [2.24, 2.45) is 0 Å². The molecule has 0 aromatic carbocycles. The number of hydrogen-bond donors (Lipinski definition) is 2. The van der Waals surface area contributed by atoms with Crippen LogP contribution >= 0.6 is 0 Å². The van der Waals surface area contributed by atoms with Crippen molar-refractivity contribution in [1.29, 1.82) is 0 Å². The molecule has 2 N–H and O–H groups in total. The Kier molecular flexibility index (Phi) is 5.20. The molecule has 1 fully saturated rings. The minimum absolute atomic E-state index is 0.00490. The van der Waals surface area contributed by atoms with E-state index in [2.05, 4.69) is 0 Å². The largest absolute Gasteiger partial charge is 0.471 e. The summed E-state index contributed by atoms with van der Waals surface area (Å²) in [6, 6.07) is 0. The number of halogens is 3. The summed E-state index contributed by atoms with van der Waals surface area (Å²) in [4.78, 5) is 12.5. The molecule has 1 atom stereocenters. The number of carbonyl (C=O) groups is 1. The van der Waals surface area contributed by atoms with Gasteiger partial charge in [0.2, 0.25) is 0 Å². The molecule has 1 aliphatic heterocycles. The zero-order valence-corrected chi connectivity index (χ0v) is 9.46. The van der Waals surface area contributed by atoms with E-state index in [1.807, 2.05) is 10.2 Å². The maximum atomic E-state index is 11.8. The fourth-order valence-corrected chi connectivity index (χ4v) is 1.84. The number of rotatable bonds is 4. The Bertz CT molecular complexity index is 258. The van der Waals surface area contributed by atoms with Crippen LogP contribution in [0.15, 0.2) is 0 Å². The molecular formula is C10H17F3N2O2. The Labute approximate surface area is 97.8 Å². The van der Waals surface area contributed by atoms with Crippen LogP contribution < -0.4 is 5.32 Å². The number of carbonyl (C=O) groups excluding carboxylic acids is 1. The Morgan fingerprint density at radius 3 is 2.76 bits per heavy atom. The third kappa shape index (κ3) is 5.36. The molecule has 1 rings (SSSR count). The predicted octanol–water partition coefficient (Wildman–Crippen LogP) is 0.512. The topological polar surface area (TPSA) is 52.6 Å². The van der Waals surface area contributed by atoms with Gasteiger partial charge in [0.25, 0.3) is 0 Å². The molecule has 1 unspecified atom stereocenters. The number of hydrogen-bond acceptors (Lipinski definition) is 3. The van der Waals surface area contributed by atoms with E-state index in [9.17, 15) is 23.1 Å². The number of likely N-dealkylation sites (tertiary alicyclic amines) is 1. The normalized spacial score (nSPS) is 22.5. The monoisotopic (exact) mass is 254 g/mol. The van der Waals surface area contributed by atoms with Crippen LogP contribution in [0.25, 0.3) is 0 Å². The zero-order chi connectivity index (χ0) is 12.9. The third-order valence-corrected chi connectivity index (χ3v) is 2.67. The lowest BCUT2D eigenvalue weighted by Gasteiger charge is -2.29. The molecule has 0 aromatic rings. The number of aliphatic hydroxyl groups excluding tert-OH is 1. The second-order valence-corrected chi connectivity index (χ2v) is 4.20. The van der Waals surface area contributed by atoms with E-state index in [1.54, 1.807) is 0 Å². The van der Waals surface area contributed by atoms with Crippen molar-refractivity contribution in [1.82, 2.24) is 10.2 Å². The van der Waals surface area contributed by atoms with Gasteiger partial charge in [0, 0.05) is 13.1 Å². The van der Waals surface area contributed by atoms with Gasteiger partial charge in [-0.2, -0.15) is 13.2 Å². The zero-order valence-electron chi connectivity index (χ0n) is 9.46. The molecule has 0 spiro atoms. The van der Waals surface area contributed by atoms with Gasteiger partial charge in [0.15, 0.2) is 0 Å². The molecule has 7 heteroatoms. The van der Waals surface area contributed by atoms with E-state index < -0.39 is 12.1 Å². The summed E-state index contributed by atoms with van der Waals surface area (Å²) in [6.45, 7) is 2.01. The van der Waals surface area contributed by atoms with Gasteiger partial charge in [-0.05, 0) is 32.4 Å². The number of amides is 1. The number of piperidine rings is 1. The molecule has 17 heavy (non-hydrogen) atoms. The Hall–Kier alpha value is -0.820. The van der Waals surface area contributed by atoms with Gasteiger partial charge in [-0.25, -0.2) is 0 Å². The average Bonchev–Trinajstić information content (AvgIpc) is 2.23. The van der Waals surface area contributed by atoms with Crippen LogP contribution in [0.1, 0.15) is 19.3 Å². The van der Waals surface area contributed by atoms with Gasteiger partial charge in [-0.3, -0.25) is 4.79 Å². The fourth-order valence-electron chi connectivity index (χ4n) is 1.84. The molecule has 100 valence electrons. The van der Waals surface area contributed by atoms with Crippen molar-refractivity contribution < 1.29 is 23.1 Å². The molecule has 0 saturated carbocycles. The highest BCUT2D eigenvalue weighted by molar-refractivity contribution is 5.81. The van der Waals surface area contributed by atoms with Gasteiger partial charge < -0.3 is 15.3 Å². The van der Waals surface area contributed by atoms with Gasteiger partial charge in [-0.15, -0.1) is 0 Å². The van der Waals surface area contributed by atoms with Crippen LogP contribution in [0.3, 0.4) is 0 Å². The Morgan fingerprint density at radius 1 is 1.47 bits per heavy atom. The minimum Gasteiger partial charge on any atom is -0.392 e. The third-order valence-electron chi connectivity index (χ3n) is 2.67. The van der Waals surface area contributed by atoms with Gasteiger partial charge >= 0.3 is 12.1 Å². The predicted molar refractivity (Wildman–Crippen MR) is 55.4 cm³/mol. The number of β-amino-alcohol motifs (C(OH)–C–C–N with tert-alkyl or cyclic N) is 1. The SMILES string of the molecule is O=C(NCCCN1CCCC(O)C1)C(F)(F)F. The Morgan fingerprint density at radius 2 is 2.18 bits per heavy atom. The smallest absolute Gasteiger partial charge is 0.392 e. The summed E-state index contributed by atoms with van der Waals surface area (Å²) < 4.78 is 35.5. The second kappa shape index (κ2) is 6.20. The van der Waals surface area contributed by atoms with Crippen LogP contribution in [0.2, 0.25) is 0 Å². The maximum absolute atomic E-state index is 11.8. The lowest BCUT2D eigenvalue weighted by atomic mass is 10.1. The van der Waals surface area contributed by atoms with Crippen LogP contribution in [0, 0.1) is 0 Å². The van der Waals surface area contributed by atoms with E-state index in [0.717, 1.165) is 19.4 Å². The maximum Gasteiger partial charge on any atom is 0.471 e. The Balaban J connectivity index is 2.10. The highest BCUT2D eigenvalue weighted by Gasteiger charge is 2.38. The van der Waals surface area contributed by atoms with Crippen molar-refractivity contribution in [3.63, 3.8) is 0 Å². The van der Waals surface area contributed by atoms with Crippen molar-refractivity contribution in [3.05, 3.63) is 0 Å². The first-order chi connectivity index (χ1) is 7.89. The first-order valence-electron chi connectivity index (χ1n) is 5.65. The van der Waals surface area contributed by atoms with Gasteiger partial charge in [0.05, 0.1) is 6.10 Å². The molecule has 0 aliphatic carbocycles. The van der Waals surface area contributed by atoms with Crippen molar-refractivity contribution in [2.75, 3.05) is 26.2 Å². The van der Waals surface area contributed by atoms with Crippen molar-refractivity contribution in [3.8, 4) is 0 Å². The standard InChI is InChI=1S/C10H17F3N2O2/c11-10(12,13)9(17)14-4-2-6-15-5-1-3-8(16)7-15/h8,16H,1-7H2,(H,14,17). The molecule has 1 saturated heterocycles. The van der Waals surface area contributed by atoms with Gasteiger partial charge in [0.1, 0.15) is 0 Å². The van der Waals surface area contributed by atoms with Crippen LogP contribution in [-0.2, 0) is 4.79 Å². The van der Waals surface area contributed by atoms with Crippen molar-refractivity contribution >= 4 is 5.91 Å². The molecule has 0 aromatic heterocycles. The number of nitrogens with zero attached hydrogens (tertiary/aromatic N) is 1. The molecule has 0 radical (unpaired) electrons. The first kappa shape index (κ1) is 14.2. The van der Waals surface area contributed by atoms with Crippen LogP contribution in [-0.4, -0.2) is 54.4 Å². The molecule has 4 nitrogen and oxygen atoms in total. The summed E-state index contributed by atoms with van der Waals surface area (Å²) in [5.41, 5.74) is 0. The number of aliphatic hydroxyl groups is 1. The summed E-state index contributed by atoms with van der Waals surface area (Å²) in [5.74, 6) is -1.89. The summed E-state index contributed by atoms with van der Waals surface area (Å²) in [6.07, 6.45) is -3.01. The molecule has 1 heterocycles. The fraction of sp³-hybridized carbons (Fsp3) is 0.900. The summed E-state index contributed by atoms with van der Waals surface area (Å²) in [7, 11) is 0. The van der Waals surface area contributed by atoms with E-state index in [-0.39, 0.29) is 12.6 Å². The van der Waals surface area contributed by atoms with E-state index in [1.165, 1.54) is 0 Å². The molecular weight excluding hydrogens is 237 g/mol. The second-order valence-electron chi connectivity index (χ2n) is 4.20. The van der Waals surface area contributed by atoms with E-state index in [0.29, 0.717) is 19.5 Å². The lowest BCUT2D eigenvalue weighted by molar-refractivity contribution is -0.173.